The molecule has 338 valence electrons. The van der Waals surface area contributed by atoms with Gasteiger partial charge in [0.2, 0.25) is 0 Å². The summed E-state index contributed by atoms with van der Waals surface area (Å²) in [7, 11) is 0. The molecule has 0 fully saturated rings. The van der Waals surface area contributed by atoms with Crippen LogP contribution in [0, 0.1) is 0 Å². The van der Waals surface area contributed by atoms with E-state index in [0.29, 0.717) is 5.82 Å². The summed E-state index contributed by atoms with van der Waals surface area (Å²) in [6, 6.07) is 55.2. The first kappa shape index (κ1) is 42.2. The van der Waals surface area contributed by atoms with E-state index in [9.17, 15) is 0 Å². The molecule has 6 heteroatoms. The first-order valence-electron chi connectivity index (χ1n) is 24.6. The highest BCUT2D eigenvalue weighted by molar-refractivity contribution is 6.19. The topological polar surface area (TPSA) is 77.6 Å². The fraction of sp³-hybridized carbons (Fsp3) is 0.0923. The van der Waals surface area contributed by atoms with Crippen LogP contribution in [0.5, 0.6) is 0 Å². The van der Waals surface area contributed by atoms with Gasteiger partial charge >= 0.3 is 0 Å². The summed E-state index contributed by atoms with van der Waals surface area (Å²) in [5.74, 6) is 1.44. The van der Waals surface area contributed by atoms with E-state index in [-0.39, 0.29) is 5.92 Å². The van der Waals surface area contributed by atoms with E-state index in [2.05, 4.69) is 176 Å². The number of aromatic nitrogens is 5. The van der Waals surface area contributed by atoms with Crippen LogP contribution >= 0.6 is 0 Å². The van der Waals surface area contributed by atoms with Gasteiger partial charge in [0, 0.05) is 50.1 Å². The Morgan fingerprint density at radius 3 is 1.62 bits per heavy atom. The molecule has 0 spiro atoms. The number of hydrogen-bond donors (Lipinski definition) is 0. The number of allylic oxidation sites excluding steroid dienone is 12. The smallest absolute Gasteiger partial charge is 0.160 e. The molecule has 0 bridgehead atoms. The van der Waals surface area contributed by atoms with Gasteiger partial charge in [0.1, 0.15) is 17.0 Å². The van der Waals surface area contributed by atoms with Crippen molar-refractivity contribution in [3.8, 4) is 67.7 Å². The molecule has 0 saturated carbocycles. The van der Waals surface area contributed by atoms with Gasteiger partial charge in [-0.3, -0.25) is 0 Å². The van der Waals surface area contributed by atoms with Gasteiger partial charge in [0.15, 0.2) is 5.82 Å². The van der Waals surface area contributed by atoms with Gasteiger partial charge in [0.05, 0.1) is 39.4 Å². The van der Waals surface area contributed by atoms with Crippen LogP contribution in [0.3, 0.4) is 0 Å². The summed E-state index contributed by atoms with van der Waals surface area (Å²) < 4.78 is 6.72. The Hall–Kier alpha value is -8.87. The molecule has 13 rings (SSSR count). The van der Waals surface area contributed by atoms with Gasteiger partial charge in [0.25, 0.3) is 0 Å². The number of rotatable bonds is 9. The van der Waals surface area contributed by atoms with Gasteiger partial charge in [-0.15, -0.1) is 0 Å². The lowest BCUT2D eigenvalue weighted by Gasteiger charge is -2.17. The highest BCUT2D eigenvalue weighted by atomic mass is 16.3. The molecule has 0 radical (unpaired) electrons. The minimum absolute atomic E-state index is 0.0203. The van der Waals surface area contributed by atoms with Crippen molar-refractivity contribution in [3.05, 3.63) is 235 Å². The summed E-state index contributed by atoms with van der Waals surface area (Å²) in [5, 5.41) is 2.94. The van der Waals surface area contributed by atoms with Crippen molar-refractivity contribution in [2.24, 2.45) is 0 Å². The molecular weight excluding hydrogens is 867 g/mol. The third-order valence-electron chi connectivity index (χ3n) is 13.8. The normalized spacial score (nSPS) is 15.4. The Kier molecular flexibility index (Phi) is 10.8. The quantitative estimate of drug-likeness (QED) is 0.144. The lowest BCUT2D eigenvalue weighted by Crippen LogP contribution is -2.06. The molecule has 1 atom stereocenters. The van der Waals surface area contributed by atoms with E-state index in [0.717, 1.165) is 133 Å². The Balaban J connectivity index is 1.04. The second-order valence-electron chi connectivity index (χ2n) is 18.5. The van der Waals surface area contributed by atoms with Crippen LogP contribution in [-0.2, 0) is 0 Å². The number of nitrogens with zero attached hydrogens (tertiary/aromatic N) is 5. The molecule has 3 aliphatic carbocycles. The minimum atomic E-state index is 0.0203. The zero-order valence-corrected chi connectivity index (χ0v) is 39.0. The Morgan fingerprint density at radius 2 is 0.986 bits per heavy atom. The van der Waals surface area contributed by atoms with Crippen molar-refractivity contribution in [2.45, 2.75) is 38.0 Å². The highest BCUT2D eigenvalue weighted by Gasteiger charge is 2.22. The predicted molar refractivity (Wildman–Crippen MR) is 291 cm³/mol. The minimum Gasteiger partial charge on any atom is -0.455 e. The van der Waals surface area contributed by atoms with Crippen molar-refractivity contribution < 1.29 is 4.42 Å². The molecule has 0 saturated heterocycles. The summed E-state index contributed by atoms with van der Waals surface area (Å²) in [5.41, 5.74) is 17.2. The fourth-order valence-electron chi connectivity index (χ4n) is 10.2. The van der Waals surface area contributed by atoms with E-state index in [1.165, 1.54) is 22.3 Å². The van der Waals surface area contributed by atoms with E-state index >= 15 is 0 Å². The second kappa shape index (κ2) is 18.2. The molecule has 71 heavy (non-hydrogen) atoms. The lowest BCUT2D eigenvalue weighted by molar-refractivity contribution is 0.672. The van der Waals surface area contributed by atoms with Gasteiger partial charge < -0.3 is 4.42 Å². The molecule has 6 aromatic carbocycles. The Labute approximate surface area is 412 Å². The fourth-order valence-corrected chi connectivity index (χ4v) is 10.2. The van der Waals surface area contributed by atoms with E-state index < -0.39 is 0 Å². The van der Waals surface area contributed by atoms with Crippen molar-refractivity contribution in [3.63, 3.8) is 0 Å². The molecule has 4 aromatic heterocycles. The number of para-hydroxylation sites is 2. The molecule has 10 aromatic rings. The average Bonchev–Trinajstić information content (AvgIpc) is 3.86. The summed E-state index contributed by atoms with van der Waals surface area (Å²) in [4.78, 5) is 26.9. The number of benzene rings is 6. The zero-order chi connectivity index (χ0) is 47.1. The third-order valence-corrected chi connectivity index (χ3v) is 13.8. The van der Waals surface area contributed by atoms with Gasteiger partial charge in [-0.05, 0) is 103 Å². The summed E-state index contributed by atoms with van der Waals surface area (Å²) in [6.07, 6.45) is 27.3. The summed E-state index contributed by atoms with van der Waals surface area (Å²) in [6.45, 7) is 0. The van der Waals surface area contributed by atoms with Crippen LogP contribution in [-0.4, -0.2) is 24.9 Å². The second-order valence-corrected chi connectivity index (χ2v) is 18.5. The Bertz CT molecular complexity index is 3890. The molecule has 0 amide bonds. The third kappa shape index (κ3) is 8.23. The monoisotopic (exact) mass is 913 g/mol. The molecule has 0 N–H and O–H groups in total. The van der Waals surface area contributed by atoms with Crippen molar-refractivity contribution >= 4 is 44.0 Å². The molecular formula is C65H47N5O. The lowest BCUT2D eigenvalue weighted by atomic mass is 9.94. The number of furan rings is 1. The maximum atomic E-state index is 6.72. The van der Waals surface area contributed by atoms with Crippen molar-refractivity contribution in [1.29, 1.82) is 0 Å². The SMILES string of the molecule is C1=CCC(c2nc(-c3ccc(C4=CCCC=C4)cc3)cc(-c3cc(-c4cc(-c5ccc(C6=CCCC=C6)cc5)nc(-c5ccccc5)n4)cc(-c4nc5ccccc5c5oc6ccccc6c45)c3)n2)C=C1. The Morgan fingerprint density at radius 1 is 0.423 bits per heavy atom. The van der Waals surface area contributed by atoms with Crippen LogP contribution in [0.2, 0.25) is 0 Å². The van der Waals surface area contributed by atoms with Crippen LogP contribution < -0.4 is 0 Å². The van der Waals surface area contributed by atoms with Gasteiger partial charge in [-0.25, -0.2) is 24.9 Å². The van der Waals surface area contributed by atoms with Gasteiger partial charge in [-0.2, -0.15) is 0 Å². The zero-order valence-electron chi connectivity index (χ0n) is 39.0. The number of hydrogen-bond acceptors (Lipinski definition) is 6. The largest absolute Gasteiger partial charge is 0.455 e. The van der Waals surface area contributed by atoms with Gasteiger partial charge in [-0.1, -0.05) is 170 Å². The van der Waals surface area contributed by atoms with Crippen LogP contribution in [0.4, 0.5) is 0 Å². The average molecular weight is 914 g/mol. The van der Waals surface area contributed by atoms with Crippen LogP contribution in [0.15, 0.2) is 223 Å². The molecule has 6 nitrogen and oxygen atoms in total. The first-order valence-corrected chi connectivity index (χ1v) is 24.6. The van der Waals surface area contributed by atoms with Crippen LogP contribution in [0.25, 0.3) is 112 Å². The summed E-state index contributed by atoms with van der Waals surface area (Å²) >= 11 is 0. The maximum Gasteiger partial charge on any atom is 0.160 e. The maximum absolute atomic E-state index is 6.72. The molecule has 3 aliphatic rings. The van der Waals surface area contributed by atoms with Crippen LogP contribution in [0.1, 0.15) is 55.0 Å². The molecule has 1 unspecified atom stereocenters. The highest BCUT2D eigenvalue weighted by Crippen LogP contribution is 2.43. The predicted octanol–water partition coefficient (Wildman–Crippen LogP) is 16.8. The number of pyridine rings is 1. The van der Waals surface area contributed by atoms with E-state index in [1.807, 2.05) is 42.5 Å². The van der Waals surface area contributed by atoms with E-state index in [4.69, 9.17) is 29.3 Å². The van der Waals surface area contributed by atoms with Crippen molar-refractivity contribution in [1.82, 2.24) is 24.9 Å². The molecule has 4 heterocycles. The first-order chi connectivity index (χ1) is 35.1. The number of fused-ring (bicyclic) bond motifs is 5. The van der Waals surface area contributed by atoms with Crippen molar-refractivity contribution in [2.75, 3.05) is 0 Å². The molecule has 0 aliphatic heterocycles. The van der Waals surface area contributed by atoms with E-state index in [1.54, 1.807) is 0 Å². The standard InChI is InChI=1S/C65H47N5O/c1-5-17-42(18-6-1)44-29-33-46(34-30-44)56-40-58(69-64(67-56)48-21-9-3-10-22-48)50-37-51(39-52(38-50)62-61-54-26-14-16-28-60(54)71-63(61)53-25-13-15-27-55(53)66-62)59-41-57(68-65(70-59)49-23-11-4-12-24-49)47-35-31-45(32-36-47)43-19-7-2-8-20-43/h3-5,7,9-23,25-41,49H,1-2,6,8,24H2.